The summed E-state index contributed by atoms with van der Waals surface area (Å²) >= 11 is 0. The van der Waals surface area contributed by atoms with Gasteiger partial charge in [-0.2, -0.15) is 9.90 Å². The zero-order valence-electron chi connectivity index (χ0n) is 12.2. The maximum absolute atomic E-state index is 12.3. The van der Waals surface area contributed by atoms with E-state index in [2.05, 4.69) is 15.5 Å². The molecule has 0 fully saturated rings. The Bertz CT molecular complexity index is 766. The summed E-state index contributed by atoms with van der Waals surface area (Å²) in [6.07, 6.45) is 0. The highest BCUT2D eigenvalue weighted by Gasteiger charge is 2.15. The lowest BCUT2D eigenvalue weighted by Gasteiger charge is -2.03. The van der Waals surface area contributed by atoms with Gasteiger partial charge in [-0.1, -0.05) is 48.5 Å². The number of nitrogens with one attached hydrogen (secondary N) is 1. The van der Waals surface area contributed by atoms with Crippen LogP contribution in [0.2, 0.25) is 0 Å². The van der Waals surface area contributed by atoms with Crippen molar-refractivity contribution < 1.29 is 4.79 Å². The van der Waals surface area contributed by atoms with Gasteiger partial charge < -0.3 is 5.32 Å². The third kappa shape index (κ3) is 3.03. The first kappa shape index (κ1) is 14.0. The smallest absolute Gasteiger partial charge is 0.274 e. The van der Waals surface area contributed by atoms with Crippen LogP contribution in [0.1, 0.15) is 21.7 Å². The lowest BCUT2D eigenvalue weighted by molar-refractivity contribution is 0.0945. The van der Waals surface area contributed by atoms with Crippen molar-refractivity contribution in [2.24, 2.45) is 0 Å². The molecule has 0 unspecified atom stereocenters. The van der Waals surface area contributed by atoms with Gasteiger partial charge in [0.05, 0.1) is 11.4 Å². The number of benzene rings is 2. The highest BCUT2D eigenvalue weighted by molar-refractivity contribution is 5.93. The van der Waals surface area contributed by atoms with Crippen LogP contribution in [-0.4, -0.2) is 20.9 Å². The number of rotatable bonds is 4. The van der Waals surface area contributed by atoms with Crippen molar-refractivity contribution in [3.8, 4) is 5.69 Å². The summed E-state index contributed by atoms with van der Waals surface area (Å²) in [4.78, 5) is 13.7. The Balaban J connectivity index is 1.74. The molecule has 0 aliphatic rings. The van der Waals surface area contributed by atoms with Crippen LogP contribution in [-0.2, 0) is 6.54 Å². The number of carbonyl (C=O) groups is 1. The first-order chi connectivity index (χ1) is 10.7. The maximum atomic E-state index is 12.3. The molecule has 0 radical (unpaired) electrons. The van der Waals surface area contributed by atoms with Crippen molar-refractivity contribution in [2.45, 2.75) is 13.5 Å². The monoisotopic (exact) mass is 292 g/mol. The van der Waals surface area contributed by atoms with Gasteiger partial charge in [-0.15, -0.1) is 5.10 Å². The van der Waals surface area contributed by atoms with E-state index in [0.717, 1.165) is 11.3 Å². The summed E-state index contributed by atoms with van der Waals surface area (Å²) in [7, 11) is 0. The molecule has 22 heavy (non-hydrogen) atoms. The van der Waals surface area contributed by atoms with Gasteiger partial charge in [0, 0.05) is 6.54 Å². The Kier molecular flexibility index (Phi) is 3.96. The van der Waals surface area contributed by atoms with Crippen molar-refractivity contribution in [3.05, 3.63) is 77.6 Å². The Morgan fingerprint density at radius 1 is 1.00 bits per heavy atom. The van der Waals surface area contributed by atoms with E-state index in [9.17, 15) is 4.79 Å². The predicted molar refractivity (Wildman–Crippen MR) is 83.7 cm³/mol. The van der Waals surface area contributed by atoms with E-state index in [0.29, 0.717) is 17.9 Å². The number of hydrogen-bond acceptors (Lipinski definition) is 3. The summed E-state index contributed by atoms with van der Waals surface area (Å²) in [6, 6.07) is 19.3. The normalized spacial score (nSPS) is 10.4. The first-order valence-corrected chi connectivity index (χ1v) is 7.05. The van der Waals surface area contributed by atoms with E-state index in [4.69, 9.17) is 0 Å². The number of para-hydroxylation sites is 1. The molecule has 0 atom stereocenters. The molecule has 0 saturated heterocycles. The van der Waals surface area contributed by atoms with Crippen molar-refractivity contribution >= 4 is 5.91 Å². The number of aryl methyl sites for hydroxylation is 1. The number of nitrogens with zero attached hydrogens (tertiary/aromatic N) is 3. The fraction of sp³-hybridized carbons (Fsp3) is 0.118. The number of aromatic nitrogens is 3. The first-order valence-electron chi connectivity index (χ1n) is 7.05. The molecule has 0 saturated carbocycles. The molecule has 1 amide bonds. The zero-order valence-corrected chi connectivity index (χ0v) is 12.2. The Hall–Kier alpha value is -2.95. The second-order valence-electron chi connectivity index (χ2n) is 4.93. The van der Waals surface area contributed by atoms with E-state index in [-0.39, 0.29) is 5.91 Å². The van der Waals surface area contributed by atoms with E-state index < -0.39 is 0 Å². The summed E-state index contributed by atoms with van der Waals surface area (Å²) < 4.78 is 0. The van der Waals surface area contributed by atoms with Crippen LogP contribution in [0.5, 0.6) is 0 Å². The van der Waals surface area contributed by atoms with Gasteiger partial charge in [-0.3, -0.25) is 4.79 Å². The third-order valence-electron chi connectivity index (χ3n) is 3.28. The van der Waals surface area contributed by atoms with Crippen molar-refractivity contribution in [1.82, 2.24) is 20.3 Å². The van der Waals surface area contributed by atoms with Gasteiger partial charge in [0.2, 0.25) is 0 Å². The van der Waals surface area contributed by atoms with Crippen LogP contribution in [0.4, 0.5) is 0 Å². The molecule has 1 N–H and O–H groups in total. The van der Waals surface area contributed by atoms with Crippen LogP contribution in [0.25, 0.3) is 5.69 Å². The average Bonchev–Trinajstić information content (AvgIpc) is 2.96. The van der Waals surface area contributed by atoms with Crippen molar-refractivity contribution in [3.63, 3.8) is 0 Å². The van der Waals surface area contributed by atoms with Gasteiger partial charge in [0.1, 0.15) is 0 Å². The van der Waals surface area contributed by atoms with E-state index in [1.54, 1.807) is 6.92 Å². The van der Waals surface area contributed by atoms with Gasteiger partial charge in [-0.05, 0) is 24.6 Å². The molecule has 1 aromatic heterocycles. The Labute approximate surface area is 128 Å². The molecule has 0 aliphatic carbocycles. The van der Waals surface area contributed by atoms with E-state index >= 15 is 0 Å². The molecule has 3 aromatic rings. The maximum Gasteiger partial charge on any atom is 0.274 e. The van der Waals surface area contributed by atoms with Crippen LogP contribution < -0.4 is 5.32 Å². The highest BCUT2D eigenvalue weighted by Crippen LogP contribution is 2.08. The molecule has 3 rings (SSSR count). The lowest BCUT2D eigenvalue weighted by atomic mass is 10.2. The minimum atomic E-state index is -0.219. The minimum Gasteiger partial charge on any atom is -0.347 e. The molecule has 1 heterocycles. The fourth-order valence-corrected chi connectivity index (χ4v) is 2.13. The van der Waals surface area contributed by atoms with E-state index in [1.165, 1.54) is 4.80 Å². The topological polar surface area (TPSA) is 59.8 Å². The Morgan fingerprint density at radius 2 is 1.64 bits per heavy atom. The van der Waals surface area contributed by atoms with E-state index in [1.807, 2.05) is 60.7 Å². The Morgan fingerprint density at radius 3 is 2.32 bits per heavy atom. The molecule has 5 nitrogen and oxygen atoms in total. The molecule has 0 spiro atoms. The molecule has 0 aliphatic heterocycles. The third-order valence-corrected chi connectivity index (χ3v) is 3.28. The van der Waals surface area contributed by atoms with Gasteiger partial charge in [0.15, 0.2) is 5.69 Å². The fourth-order valence-electron chi connectivity index (χ4n) is 2.13. The van der Waals surface area contributed by atoms with Gasteiger partial charge in [-0.25, -0.2) is 0 Å². The quantitative estimate of drug-likeness (QED) is 0.803. The predicted octanol–water partition coefficient (Wildman–Crippen LogP) is 2.51. The number of carbonyl (C=O) groups excluding carboxylic acids is 1. The molecule has 0 bridgehead atoms. The molecular formula is C17H16N4O. The highest BCUT2D eigenvalue weighted by atomic mass is 16.2. The minimum absolute atomic E-state index is 0.219. The van der Waals surface area contributed by atoms with Crippen LogP contribution in [0, 0.1) is 6.92 Å². The summed E-state index contributed by atoms with van der Waals surface area (Å²) in [5.74, 6) is -0.219. The second kappa shape index (κ2) is 6.22. The average molecular weight is 292 g/mol. The lowest BCUT2D eigenvalue weighted by Crippen LogP contribution is -2.24. The van der Waals surface area contributed by atoms with Crippen LogP contribution >= 0.6 is 0 Å². The largest absolute Gasteiger partial charge is 0.347 e. The summed E-state index contributed by atoms with van der Waals surface area (Å²) in [6.45, 7) is 2.25. The molecular weight excluding hydrogens is 276 g/mol. The second-order valence-corrected chi connectivity index (χ2v) is 4.93. The van der Waals surface area contributed by atoms with Crippen LogP contribution in [0.15, 0.2) is 60.7 Å². The van der Waals surface area contributed by atoms with Gasteiger partial charge >= 0.3 is 0 Å². The standard InChI is InChI=1S/C17H16N4O/c1-13-16(17(22)18-12-14-8-4-2-5-9-14)20-21(19-13)15-10-6-3-7-11-15/h2-11H,12H2,1H3,(H,18,22). The van der Waals surface area contributed by atoms with Crippen molar-refractivity contribution in [1.29, 1.82) is 0 Å². The molecule has 110 valence electrons. The van der Waals surface area contributed by atoms with Crippen molar-refractivity contribution in [2.75, 3.05) is 0 Å². The summed E-state index contributed by atoms with van der Waals surface area (Å²) in [5, 5.41) is 11.5. The molecule has 2 aromatic carbocycles. The van der Waals surface area contributed by atoms with Crippen LogP contribution in [0.3, 0.4) is 0 Å². The summed E-state index contributed by atoms with van der Waals surface area (Å²) in [5.41, 5.74) is 2.82. The van der Waals surface area contributed by atoms with Gasteiger partial charge in [0.25, 0.3) is 5.91 Å². The molecule has 5 heteroatoms. The number of hydrogen-bond donors (Lipinski definition) is 1. The zero-order chi connectivity index (χ0) is 15.4. The SMILES string of the molecule is Cc1nn(-c2ccccc2)nc1C(=O)NCc1ccccc1. The number of amides is 1.